The van der Waals surface area contributed by atoms with Crippen LogP contribution in [0, 0.1) is 19.8 Å². The van der Waals surface area contributed by atoms with E-state index < -0.39 is 0 Å². The van der Waals surface area contributed by atoms with E-state index in [0.29, 0.717) is 5.92 Å². The number of fused-ring (bicyclic) bond motifs is 3. The van der Waals surface area contributed by atoms with E-state index in [4.69, 9.17) is 28.8 Å². The number of rotatable bonds is 5. The standard InChI is InChI=1S/C29H30N4O2.CO2/c1-4-23-15-25-24(17-30-23)28-26(14-22(16-31-28)27-18(2)32-35-19(27)3)33(25)29(20-8-6-5-7-9-20)21-10-12-34-13-11-21;2-1-3/h5-9,14-17,21,29H,4,10-13H2,1-3H3;. The van der Waals surface area contributed by atoms with Crippen LogP contribution >= 0.6 is 0 Å². The van der Waals surface area contributed by atoms with Crippen molar-refractivity contribution in [2.75, 3.05) is 13.2 Å². The maximum absolute atomic E-state index is 8.12. The molecule has 0 saturated carbocycles. The molecule has 6 rings (SSSR count). The molecular formula is C30H30N4O4. The summed E-state index contributed by atoms with van der Waals surface area (Å²) < 4.78 is 13.8. The molecule has 8 nitrogen and oxygen atoms in total. The normalized spacial score (nSPS) is 14.7. The lowest BCUT2D eigenvalue weighted by Crippen LogP contribution is -2.27. The summed E-state index contributed by atoms with van der Waals surface area (Å²) in [6, 6.07) is 15.6. The third kappa shape index (κ3) is 4.64. The summed E-state index contributed by atoms with van der Waals surface area (Å²) in [6.07, 6.45) is 7.15. The van der Waals surface area contributed by atoms with E-state index in [2.05, 4.69) is 59.1 Å². The Kier molecular flexibility index (Phi) is 7.45. The lowest BCUT2D eigenvalue weighted by atomic mass is 9.86. The highest BCUT2D eigenvalue weighted by molar-refractivity contribution is 6.06. The van der Waals surface area contributed by atoms with Gasteiger partial charge in [-0.25, -0.2) is 0 Å². The number of aryl methyl sites for hydroxylation is 3. The zero-order valence-electron chi connectivity index (χ0n) is 21.8. The summed E-state index contributed by atoms with van der Waals surface area (Å²) in [5.74, 6) is 1.27. The largest absolute Gasteiger partial charge is 0.381 e. The van der Waals surface area contributed by atoms with Crippen molar-refractivity contribution in [2.24, 2.45) is 5.92 Å². The van der Waals surface area contributed by atoms with Gasteiger partial charge >= 0.3 is 6.15 Å². The van der Waals surface area contributed by atoms with Crippen LogP contribution in [0.4, 0.5) is 0 Å². The number of benzene rings is 1. The van der Waals surface area contributed by atoms with E-state index in [9.17, 15) is 0 Å². The molecule has 8 heteroatoms. The molecule has 1 fully saturated rings. The van der Waals surface area contributed by atoms with Crippen molar-refractivity contribution in [3.05, 3.63) is 77.6 Å². The molecule has 5 aromatic rings. The fraction of sp³-hybridized carbons (Fsp3) is 0.333. The van der Waals surface area contributed by atoms with Crippen LogP contribution in [-0.2, 0) is 20.7 Å². The predicted molar refractivity (Wildman–Crippen MR) is 143 cm³/mol. The minimum absolute atomic E-state index is 0.175. The lowest BCUT2D eigenvalue weighted by Gasteiger charge is -2.33. The first-order valence-corrected chi connectivity index (χ1v) is 12.9. The molecule has 0 amide bonds. The van der Waals surface area contributed by atoms with Crippen LogP contribution in [0.2, 0.25) is 0 Å². The van der Waals surface area contributed by atoms with E-state index >= 15 is 0 Å². The SMILES string of the molecule is CCc1cc2c(cn1)c1ncc(-c3c(C)noc3C)cc1n2C(c1ccccc1)C1CCOCC1.O=C=O. The smallest absolute Gasteiger partial charge is 0.373 e. The van der Waals surface area contributed by atoms with Crippen molar-refractivity contribution in [1.82, 2.24) is 19.7 Å². The topological polar surface area (TPSA) is 100 Å². The summed E-state index contributed by atoms with van der Waals surface area (Å²) in [5, 5.41) is 5.28. The van der Waals surface area contributed by atoms with Crippen molar-refractivity contribution in [1.29, 1.82) is 0 Å². The molecule has 0 radical (unpaired) electrons. The van der Waals surface area contributed by atoms with Crippen molar-refractivity contribution in [3.63, 3.8) is 0 Å². The third-order valence-corrected chi connectivity index (χ3v) is 7.40. The molecule has 5 heterocycles. The third-order valence-electron chi connectivity index (χ3n) is 7.40. The van der Waals surface area contributed by atoms with Gasteiger partial charge in [0.25, 0.3) is 0 Å². The lowest BCUT2D eigenvalue weighted by molar-refractivity contribution is -0.191. The molecule has 4 aromatic heterocycles. The van der Waals surface area contributed by atoms with Crippen LogP contribution in [0.25, 0.3) is 33.1 Å². The second-order valence-corrected chi connectivity index (χ2v) is 9.60. The van der Waals surface area contributed by atoms with E-state index in [1.54, 1.807) is 0 Å². The molecule has 0 N–H and O–H groups in total. The van der Waals surface area contributed by atoms with Gasteiger partial charge in [0.05, 0.1) is 28.3 Å². The number of pyridine rings is 2. The first-order valence-electron chi connectivity index (χ1n) is 12.9. The molecule has 0 bridgehead atoms. The van der Waals surface area contributed by atoms with Crippen molar-refractivity contribution >= 4 is 28.1 Å². The Morgan fingerprint density at radius 1 is 1.03 bits per heavy atom. The highest BCUT2D eigenvalue weighted by Gasteiger charge is 2.30. The zero-order valence-corrected chi connectivity index (χ0v) is 21.8. The van der Waals surface area contributed by atoms with Gasteiger partial charge in [0.15, 0.2) is 0 Å². The van der Waals surface area contributed by atoms with Crippen LogP contribution in [-0.4, -0.2) is 39.1 Å². The van der Waals surface area contributed by atoms with Crippen LogP contribution in [0.5, 0.6) is 0 Å². The molecule has 1 aromatic carbocycles. The van der Waals surface area contributed by atoms with E-state index in [1.807, 2.05) is 26.2 Å². The number of carbonyl (C=O) groups excluding carboxylic acids is 2. The molecule has 1 unspecified atom stereocenters. The summed E-state index contributed by atoms with van der Waals surface area (Å²) in [4.78, 5) is 26.0. The van der Waals surface area contributed by atoms with Crippen LogP contribution in [0.3, 0.4) is 0 Å². The summed E-state index contributed by atoms with van der Waals surface area (Å²) >= 11 is 0. The van der Waals surface area contributed by atoms with Gasteiger partial charge in [0.1, 0.15) is 5.76 Å². The molecule has 0 spiro atoms. The molecule has 0 aliphatic carbocycles. The Morgan fingerprint density at radius 2 is 1.76 bits per heavy atom. The monoisotopic (exact) mass is 510 g/mol. The number of hydrogen-bond donors (Lipinski definition) is 0. The van der Waals surface area contributed by atoms with Gasteiger partial charge in [-0.05, 0) is 56.7 Å². The Balaban J connectivity index is 0.000000937. The zero-order chi connectivity index (χ0) is 26.6. The van der Waals surface area contributed by atoms with Gasteiger partial charge in [-0.3, -0.25) is 9.97 Å². The van der Waals surface area contributed by atoms with Gasteiger partial charge in [0, 0.05) is 47.8 Å². The number of ether oxygens (including phenoxy) is 1. The van der Waals surface area contributed by atoms with Crippen molar-refractivity contribution in [2.45, 2.75) is 46.1 Å². The Labute approximate surface area is 220 Å². The van der Waals surface area contributed by atoms with Gasteiger partial charge in [0.2, 0.25) is 0 Å². The van der Waals surface area contributed by atoms with Crippen LogP contribution < -0.4 is 0 Å². The fourth-order valence-electron chi connectivity index (χ4n) is 5.68. The Hall–Kier alpha value is -4.13. The quantitative estimate of drug-likeness (QED) is 0.292. The van der Waals surface area contributed by atoms with Gasteiger partial charge in [-0.15, -0.1) is 0 Å². The maximum Gasteiger partial charge on any atom is 0.373 e. The first-order chi connectivity index (χ1) is 18.6. The second-order valence-electron chi connectivity index (χ2n) is 9.60. The van der Waals surface area contributed by atoms with Gasteiger partial charge in [-0.1, -0.05) is 42.4 Å². The fourth-order valence-corrected chi connectivity index (χ4v) is 5.68. The molecule has 194 valence electrons. The predicted octanol–water partition coefficient (Wildman–Crippen LogP) is 5.85. The van der Waals surface area contributed by atoms with E-state index in [-0.39, 0.29) is 12.2 Å². The average Bonchev–Trinajstić information content (AvgIpc) is 3.45. The number of hydrogen-bond acceptors (Lipinski definition) is 7. The number of aromatic nitrogens is 4. The minimum atomic E-state index is 0.175. The highest BCUT2D eigenvalue weighted by atomic mass is 16.5. The van der Waals surface area contributed by atoms with Crippen molar-refractivity contribution in [3.8, 4) is 11.1 Å². The van der Waals surface area contributed by atoms with Crippen molar-refractivity contribution < 1.29 is 18.8 Å². The second kappa shape index (κ2) is 11.1. The molecule has 1 atom stereocenters. The molecule has 1 aliphatic rings. The molecule has 38 heavy (non-hydrogen) atoms. The first kappa shape index (κ1) is 25.5. The van der Waals surface area contributed by atoms with Crippen LogP contribution in [0.15, 0.2) is 59.4 Å². The molecule has 1 aliphatic heterocycles. The molecule has 1 saturated heterocycles. The highest BCUT2D eigenvalue weighted by Crippen LogP contribution is 2.41. The summed E-state index contributed by atoms with van der Waals surface area (Å²) in [7, 11) is 0. The van der Waals surface area contributed by atoms with E-state index in [0.717, 1.165) is 77.2 Å². The van der Waals surface area contributed by atoms with E-state index in [1.165, 1.54) is 11.1 Å². The number of nitrogens with zero attached hydrogens (tertiary/aromatic N) is 4. The Morgan fingerprint density at radius 3 is 2.42 bits per heavy atom. The average molecular weight is 511 g/mol. The Bertz CT molecular complexity index is 1570. The minimum Gasteiger partial charge on any atom is -0.381 e. The summed E-state index contributed by atoms with van der Waals surface area (Å²) in [6.45, 7) is 7.70. The van der Waals surface area contributed by atoms with Gasteiger partial charge < -0.3 is 13.8 Å². The molecular weight excluding hydrogens is 480 g/mol. The van der Waals surface area contributed by atoms with Gasteiger partial charge in [-0.2, -0.15) is 9.59 Å². The maximum atomic E-state index is 8.12. The van der Waals surface area contributed by atoms with Crippen LogP contribution in [0.1, 0.15) is 48.5 Å². The summed E-state index contributed by atoms with van der Waals surface area (Å²) in [5.41, 5.74) is 8.63.